The highest BCUT2D eigenvalue weighted by Crippen LogP contribution is 2.28. The number of amides is 1. The number of ketones is 1. The largest absolute Gasteiger partial charge is 0.312 e. The van der Waals surface area contributed by atoms with Gasteiger partial charge in [-0.2, -0.15) is 0 Å². The maximum atomic E-state index is 12.8. The Kier molecular flexibility index (Phi) is 6.35. The number of carbonyl (C=O) groups excluding carboxylic acids is 2. The lowest BCUT2D eigenvalue weighted by Gasteiger charge is -2.15. The van der Waals surface area contributed by atoms with Crippen molar-refractivity contribution < 1.29 is 9.59 Å². The molecule has 8 nitrogen and oxygen atoms in total. The van der Waals surface area contributed by atoms with Crippen LogP contribution < -0.4 is 4.90 Å². The van der Waals surface area contributed by atoms with Crippen LogP contribution in [0.5, 0.6) is 0 Å². The number of thioether (sulfide) groups is 1. The minimum atomic E-state index is -0.0545. The molecule has 0 saturated carbocycles. The van der Waals surface area contributed by atoms with E-state index in [9.17, 15) is 9.59 Å². The minimum Gasteiger partial charge on any atom is -0.312 e. The van der Waals surface area contributed by atoms with Gasteiger partial charge in [0.15, 0.2) is 5.78 Å². The molecule has 5 rings (SSSR count). The normalized spacial score (nSPS) is 13.3. The van der Waals surface area contributed by atoms with Crippen LogP contribution in [-0.2, 0) is 4.79 Å². The Labute approximate surface area is 200 Å². The van der Waals surface area contributed by atoms with Crippen LogP contribution in [0.3, 0.4) is 0 Å². The van der Waals surface area contributed by atoms with Crippen molar-refractivity contribution in [3.05, 3.63) is 78.6 Å². The topological polar surface area (TPSA) is 102 Å². The van der Waals surface area contributed by atoms with E-state index in [2.05, 4.69) is 25.1 Å². The molecule has 0 aliphatic carbocycles. The summed E-state index contributed by atoms with van der Waals surface area (Å²) in [5.41, 5.74) is 3.78. The van der Waals surface area contributed by atoms with Crippen LogP contribution in [0.15, 0.2) is 78.2 Å². The summed E-state index contributed by atoms with van der Waals surface area (Å²) < 4.78 is 0. The Morgan fingerprint density at radius 1 is 0.882 bits per heavy atom. The molecule has 0 spiro atoms. The number of benzene rings is 1. The first-order valence-electron chi connectivity index (χ1n) is 10.8. The molecular weight excluding hydrogens is 448 g/mol. The molecule has 1 amide bonds. The lowest BCUT2D eigenvalue weighted by atomic mass is 10.1. The number of carbonyl (C=O) groups is 2. The molecule has 1 aliphatic rings. The van der Waals surface area contributed by atoms with Crippen molar-refractivity contribution in [2.24, 2.45) is 0 Å². The van der Waals surface area contributed by atoms with Gasteiger partial charge in [0.25, 0.3) is 0 Å². The molecule has 0 N–H and O–H groups in total. The van der Waals surface area contributed by atoms with Gasteiger partial charge in [0.2, 0.25) is 11.1 Å². The molecule has 34 heavy (non-hydrogen) atoms. The fraction of sp³-hybridized carbons (Fsp3) is 0.160. The predicted octanol–water partition coefficient (Wildman–Crippen LogP) is 4.10. The van der Waals surface area contributed by atoms with E-state index >= 15 is 0 Å². The van der Waals surface area contributed by atoms with Crippen molar-refractivity contribution in [2.45, 2.75) is 18.0 Å². The summed E-state index contributed by atoms with van der Waals surface area (Å²) in [6.45, 7) is 0.722. The average Bonchev–Trinajstić information content (AvgIpc) is 3.34. The Morgan fingerprint density at radius 3 is 2.21 bits per heavy atom. The molecule has 1 saturated heterocycles. The van der Waals surface area contributed by atoms with Gasteiger partial charge in [-0.25, -0.2) is 4.98 Å². The van der Waals surface area contributed by atoms with Crippen LogP contribution in [0.25, 0.3) is 22.8 Å². The fourth-order valence-electron chi connectivity index (χ4n) is 3.69. The highest BCUT2D eigenvalue weighted by molar-refractivity contribution is 7.99. The molecule has 4 aromatic rings. The van der Waals surface area contributed by atoms with Gasteiger partial charge in [-0.1, -0.05) is 23.9 Å². The number of aromatic nitrogens is 5. The molecule has 0 bridgehead atoms. The molecule has 1 aromatic carbocycles. The number of Topliss-reactive ketones (excluding diaryl/α,β-unsaturated/α-hetero) is 1. The van der Waals surface area contributed by atoms with E-state index in [0.29, 0.717) is 39.9 Å². The summed E-state index contributed by atoms with van der Waals surface area (Å²) >= 11 is 1.22. The third-order valence-electron chi connectivity index (χ3n) is 5.39. The monoisotopic (exact) mass is 468 g/mol. The van der Waals surface area contributed by atoms with E-state index < -0.39 is 0 Å². The highest BCUT2D eigenvalue weighted by atomic mass is 32.2. The number of pyridine rings is 2. The van der Waals surface area contributed by atoms with Crippen LogP contribution in [0.2, 0.25) is 0 Å². The van der Waals surface area contributed by atoms with Gasteiger partial charge in [-0.3, -0.25) is 19.6 Å². The Bertz CT molecular complexity index is 1320. The van der Waals surface area contributed by atoms with Gasteiger partial charge in [0.1, 0.15) is 11.4 Å². The fourth-order valence-corrected chi connectivity index (χ4v) is 4.37. The number of nitrogens with zero attached hydrogens (tertiary/aromatic N) is 6. The van der Waals surface area contributed by atoms with Gasteiger partial charge >= 0.3 is 0 Å². The molecule has 1 aliphatic heterocycles. The van der Waals surface area contributed by atoms with E-state index in [0.717, 1.165) is 18.7 Å². The van der Waals surface area contributed by atoms with Gasteiger partial charge < -0.3 is 4.90 Å². The maximum Gasteiger partial charge on any atom is 0.227 e. The van der Waals surface area contributed by atoms with Crippen molar-refractivity contribution in [1.82, 2.24) is 25.1 Å². The molecule has 1 fully saturated rings. The minimum absolute atomic E-state index is 0.0545. The first kappa shape index (κ1) is 21.8. The zero-order valence-corrected chi connectivity index (χ0v) is 19.0. The van der Waals surface area contributed by atoms with Gasteiger partial charge in [-0.05, 0) is 55.0 Å². The first-order chi connectivity index (χ1) is 16.7. The van der Waals surface area contributed by atoms with Crippen LogP contribution >= 0.6 is 11.8 Å². The SMILES string of the molecule is O=C(CSc1nnc(-c2ccccn2)c(-c2ccccn2)n1)c1ccc(N2CCCC2=O)cc1. The lowest BCUT2D eigenvalue weighted by Crippen LogP contribution is -2.23. The molecule has 9 heteroatoms. The molecule has 168 valence electrons. The van der Waals surface area contributed by atoms with Crippen molar-refractivity contribution >= 4 is 29.1 Å². The molecule has 3 aromatic heterocycles. The summed E-state index contributed by atoms with van der Waals surface area (Å²) in [5.74, 6) is 0.229. The number of hydrogen-bond acceptors (Lipinski definition) is 8. The number of anilines is 1. The third-order valence-corrected chi connectivity index (χ3v) is 6.23. The lowest BCUT2D eigenvalue weighted by molar-refractivity contribution is -0.117. The van der Waals surface area contributed by atoms with Crippen LogP contribution in [0.1, 0.15) is 23.2 Å². The zero-order chi connectivity index (χ0) is 23.3. The highest BCUT2D eigenvalue weighted by Gasteiger charge is 2.22. The van der Waals surface area contributed by atoms with Gasteiger partial charge in [-0.15, -0.1) is 10.2 Å². The first-order valence-corrected chi connectivity index (χ1v) is 11.8. The van der Waals surface area contributed by atoms with Gasteiger partial charge in [0.05, 0.1) is 17.1 Å². The van der Waals surface area contributed by atoms with E-state index in [4.69, 9.17) is 0 Å². The maximum absolute atomic E-state index is 12.8. The summed E-state index contributed by atoms with van der Waals surface area (Å²) in [6, 6.07) is 18.3. The van der Waals surface area contributed by atoms with Crippen molar-refractivity contribution in [2.75, 3.05) is 17.2 Å². The van der Waals surface area contributed by atoms with Crippen molar-refractivity contribution in [3.63, 3.8) is 0 Å². The molecule has 4 heterocycles. The number of rotatable bonds is 7. The predicted molar refractivity (Wildman–Crippen MR) is 129 cm³/mol. The van der Waals surface area contributed by atoms with Gasteiger partial charge in [0, 0.05) is 36.6 Å². The Morgan fingerprint density at radius 2 is 1.59 bits per heavy atom. The van der Waals surface area contributed by atoms with E-state index in [1.165, 1.54) is 11.8 Å². The van der Waals surface area contributed by atoms with Crippen LogP contribution in [0.4, 0.5) is 5.69 Å². The third kappa shape index (κ3) is 4.69. The quantitative estimate of drug-likeness (QED) is 0.295. The summed E-state index contributed by atoms with van der Waals surface area (Å²) in [4.78, 5) is 39.9. The second-order valence-electron chi connectivity index (χ2n) is 7.63. The summed E-state index contributed by atoms with van der Waals surface area (Å²) in [6.07, 6.45) is 4.82. The van der Waals surface area contributed by atoms with E-state index in [-0.39, 0.29) is 17.4 Å². The van der Waals surface area contributed by atoms with Crippen molar-refractivity contribution in [3.8, 4) is 22.8 Å². The summed E-state index contributed by atoms with van der Waals surface area (Å²) in [5, 5.41) is 8.96. The second kappa shape index (κ2) is 9.88. The molecule has 0 radical (unpaired) electrons. The molecular formula is C25H20N6O2S. The molecule has 0 unspecified atom stereocenters. The standard InChI is InChI=1S/C25H20N6O2S/c32-21(17-9-11-18(12-10-17)31-15-5-8-22(31)33)16-34-25-28-23(19-6-1-3-13-26-19)24(29-30-25)20-7-2-4-14-27-20/h1-4,6-7,9-14H,5,8,15-16H2. The number of hydrogen-bond donors (Lipinski definition) is 0. The van der Waals surface area contributed by atoms with E-state index in [1.54, 1.807) is 29.4 Å². The molecule has 0 atom stereocenters. The van der Waals surface area contributed by atoms with Crippen LogP contribution in [0, 0.1) is 0 Å². The smallest absolute Gasteiger partial charge is 0.227 e. The Hall–Kier alpha value is -3.98. The van der Waals surface area contributed by atoms with Crippen LogP contribution in [-0.4, -0.2) is 49.1 Å². The Balaban J connectivity index is 1.33. The van der Waals surface area contributed by atoms with E-state index in [1.807, 2.05) is 48.5 Å². The van der Waals surface area contributed by atoms with Crippen molar-refractivity contribution in [1.29, 1.82) is 0 Å². The summed E-state index contributed by atoms with van der Waals surface area (Å²) in [7, 11) is 0. The second-order valence-corrected chi connectivity index (χ2v) is 8.57. The average molecular weight is 469 g/mol. The zero-order valence-electron chi connectivity index (χ0n) is 18.2.